The maximum Gasteiger partial charge on any atom is 0.251 e. The van der Waals surface area contributed by atoms with Crippen molar-refractivity contribution >= 4 is 21.6 Å². The van der Waals surface area contributed by atoms with Crippen molar-refractivity contribution in [3.63, 3.8) is 0 Å². The lowest BCUT2D eigenvalue weighted by Gasteiger charge is -2.17. The molecule has 0 aliphatic carbocycles. The molecule has 0 aromatic heterocycles. The summed E-state index contributed by atoms with van der Waals surface area (Å²) in [6.45, 7) is 0.729. The van der Waals surface area contributed by atoms with Crippen LogP contribution in [0.1, 0.15) is 22.3 Å². The molecule has 0 atom stereocenters. The average Bonchev–Trinajstić information content (AvgIpc) is 2.96. The molecule has 132 valence electrons. The van der Waals surface area contributed by atoms with Crippen LogP contribution >= 0.6 is 0 Å². The molecule has 0 radical (unpaired) electrons. The second kappa shape index (κ2) is 7.23. The summed E-state index contributed by atoms with van der Waals surface area (Å²) in [6.07, 6.45) is 0.972. The van der Waals surface area contributed by atoms with Crippen LogP contribution < -0.4 is 9.62 Å². The first kappa shape index (κ1) is 17.4. The summed E-state index contributed by atoms with van der Waals surface area (Å²) >= 11 is 0. The zero-order chi connectivity index (χ0) is 17.9. The summed E-state index contributed by atoms with van der Waals surface area (Å²) < 4.78 is 38.9. The number of sulfonamides is 1. The van der Waals surface area contributed by atoms with Crippen LogP contribution in [-0.2, 0) is 16.4 Å². The third-order valence-corrected chi connectivity index (χ3v) is 6.00. The van der Waals surface area contributed by atoms with Gasteiger partial charge in [-0.25, -0.2) is 12.8 Å². The smallest absolute Gasteiger partial charge is 0.251 e. The van der Waals surface area contributed by atoms with E-state index < -0.39 is 10.0 Å². The van der Waals surface area contributed by atoms with Crippen molar-refractivity contribution in [2.75, 3.05) is 23.1 Å². The van der Waals surface area contributed by atoms with Gasteiger partial charge < -0.3 is 5.32 Å². The Morgan fingerprint density at radius 2 is 1.96 bits per heavy atom. The Morgan fingerprint density at radius 1 is 1.16 bits per heavy atom. The number of anilines is 1. The summed E-state index contributed by atoms with van der Waals surface area (Å²) in [7, 11) is -3.28. The van der Waals surface area contributed by atoms with Gasteiger partial charge in [-0.3, -0.25) is 9.10 Å². The zero-order valence-corrected chi connectivity index (χ0v) is 14.4. The van der Waals surface area contributed by atoms with Gasteiger partial charge in [0.1, 0.15) is 5.82 Å². The normalized spacial score (nSPS) is 16.0. The van der Waals surface area contributed by atoms with Crippen molar-refractivity contribution < 1.29 is 17.6 Å². The van der Waals surface area contributed by atoms with Crippen LogP contribution in [0.4, 0.5) is 10.1 Å². The molecule has 0 bridgehead atoms. The molecule has 5 nitrogen and oxygen atoms in total. The summed E-state index contributed by atoms with van der Waals surface area (Å²) in [4.78, 5) is 12.3. The van der Waals surface area contributed by atoms with E-state index >= 15 is 0 Å². The van der Waals surface area contributed by atoms with Gasteiger partial charge in [-0.15, -0.1) is 0 Å². The van der Waals surface area contributed by atoms with Crippen molar-refractivity contribution in [3.8, 4) is 0 Å². The Balaban J connectivity index is 1.65. The van der Waals surface area contributed by atoms with Gasteiger partial charge >= 0.3 is 0 Å². The minimum atomic E-state index is -3.28. The number of carbonyl (C=O) groups is 1. The van der Waals surface area contributed by atoms with Crippen molar-refractivity contribution in [1.82, 2.24) is 5.32 Å². The van der Waals surface area contributed by atoms with Gasteiger partial charge in [-0.05, 0) is 42.7 Å². The highest BCUT2D eigenvalue weighted by Crippen LogP contribution is 2.24. The molecule has 1 aliphatic heterocycles. The van der Waals surface area contributed by atoms with Crippen LogP contribution in [0.25, 0.3) is 0 Å². The molecule has 2 aromatic carbocycles. The van der Waals surface area contributed by atoms with E-state index in [1.54, 1.807) is 42.5 Å². The fourth-order valence-corrected chi connectivity index (χ4v) is 4.40. The van der Waals surface area contributed by atoms with Crippen LogP contribution in [0.3, 0.4) is 0 Å². The highest BCUT2D eigenvalue weighted by molar-refractivity contribution is 7.93. The Hall–Kier alpha value is -2.41. The largest absolute Gasteiger partial charge is 0.352 e. The van der Waals surface area contributed by atoms with E-state index in [9.17, 15) is 17.6 Å². The fourth-order valence-electron chi connectivity index (χ4n) is 2.85. The lowest BCUT2D eigenvalue weighted by atomic mass is 10.1. The monoisotopic (exact) mass is 362 g/mol. The first-order chi connectivity index (χ1) is 12.0. The topological polar surface area (TPSA) is 66.5 Å². The fraction of sp³-hybridized carbons (Fsp3) is 0.278. The lowest BCUT2D eigenvalue weighted by Crippen LogP contribution is -2.27. The molecular formula is C18H19FN2O3S. The van der Waals surface area contributed by atoms with Crippen LogP contribution in [-0.4, -0.2) is 33.2 Å². The number of rotatable bonds is 5. The number of hydrogen-bond acceptors (Lipinski definition) is 3. The average molecular weight is 362 g/mol. The molecule has 2 aromatic rings. The van der Waals surface area contributed by atoms with Gasteiger partial charge in [0, 0.05) is 18.7 Å². The molecule has 1 fully saturated rings. The Kier molecular flexibility index (Phi) is 5.03. The summed E-state index contributed by atoms with van der Waals surface area (Å²) in [5.74, 6) is -0.473. The number of nitrogens with zero attached hydrogens (tertiary/aromatic N) is 1. The molecule has 1 heterocycles. The maximum atomic E-state index is 13.6. The quantitative estimate of drug-likeness (QED) is 0.888. The predicted octanol–water partition coefficient (Wildman–Crippen LogP) is 2.34. The van der Waals surface area contributed by atoms with E-state index in [-0.39, 0.29) is 17.5 Å². The van der Waals surface area contributed by atoms with Crippen LogP contribution in [0, 0.1) is 5.82 Å². The van der Waals surface area contributed by atoms with Gasteiger partial charge in [-0.1, -0.05) is 24.3 Å². The van der Waals surface area contributed by atoms with Crippen molar-refractivity contribution in [2.24, 2.45) is 0 Å². The molecule has 1 N–H and O–H groups in total. The molecule has 1 saturated heterocycles. The SMILES string of the molecule is O=C(NCCc1ccccc1F)c1cccc(N2CCCS2(=O)=O)c1. The third kappa shape index (κ3) is 3.99. The second-order valence-corrected chi connectivity index (χ2v) is 7.90. The lowest BCUT2D eigenvalue weighted by molar-refractivity contribution is 0.0954. The minimum absolute atomic E-state index is 0.131. The molecule has 1 aliphatic rings. The number of carbonyl (C=O) groups excluding carboxylic acids is 1. The third-order valence-electron chi connectivity index (χ3n) is 4.13. The molecule has 7 heteroatoms. The van der Waals surface area contributed by atoms with E-state index in [1.807, 2.05) is 0 Å². The summed E-state index contributed by atoms with van der Waals surface area (Å²) in [5, 5.41) is 2.74. The standard InChI is InChI=1S/C18H19FN2O3S/c19-17-8-2-1-5-14(17)9-10-20-18(22)15-6-3-7-16(13-15)21-11-4-12-25(21,23)24/h1-3,5-8,13H,4,9-12H2,(H,20,22). The van der Waals surface area contributed by atoms with E-state index in [4.69, 9.17) is 0 Å². The molecule has 0 saturated carbocycles. The van der Waals surface area contributed by atoms with Crippen LogP contribution in [0.2, 0.25) is 0 Å². The van der Waals surface area contributed by atoms with E-state index in [0.29, 0.717) is 42.7 Å². The molecule has 3 rings (SSSR count). The molecular weight excluding hydrogens is 343 g/mol. The van der Waals surface area contributed by atoms with Gasteiger partial charge in [0.15, 0.2) is 0 Å². The molecule has 0 unspecified atom stereocenters. The number of amides is 1. The summed E-state index contributed by atoms with van der Waals surface area (Å²) in [5.41, 5.74) is 1.42. The first-order valence-electron chi connectivity index (χ1n) is 8.09. The maximum absolute atomic E-state index is 13.6. The van der Waals surface area contributed by atoms with E-state index in [0.717, 1.165) is 0 Å². The number of benzene rings is 2. The Bertz CT molecular complexity index is 883. The Morgan fingerprint density at radius 3 is 2.68 bits per heavy atom. The van der Waals surface area contributed by atoms with Gasteiger partial charge in [-0.2, -0.15) is 0 Å². The first-order valence-corrected chi connectivity index (χ1v) is 9.70. The Labute approximate surface area is 146 Å². The number of hydrogen-bond donors (Lipinski definition) is 1. The van der Waals surface area contributed by atoms with E-state index in [1.165, 1.54) is 10.4 Å². The van der Waals surface area contributed by atoms with Crippen LogP contribution in [0.15, 0.2) is 48.5 Å². The summed E-state index contributed by atoms with van der Waals surface area (Å²) in [6, 6.07) is 13.0. The second-order valence-electron chi connectivity index (χ2n) is 5.89. The molecule has 1 amide bonds. The van der Waals surface area contributed by atoms with Gasteiger partial charge in [0.25, 0.3) is 5.91 Å². The number of nitrogens with one attached hydrogen (secondary N) is 1. The van der Waals surface area contributed by atoms with E-state index in [2.05, 4.69) is 5.32 Å². The molecule has 0 spiro atoms. The van der Waals surface area contributed by atoms with Crippen molar-refractivity contribution in [3.05, 3.63) is 65.5 Å². The van der Waals surface area contributed by atoms with Gasteiger partial charge in [0.05, 0.1) is 11.4 Å². The highest BCUT2D eigenvalue weighted by atomic mass is 32.2. The van der Waals surface area contributed by atoms with Crippen molar-refractivity contribution in [2.45, 2.75) is 12.8 Å². The van der Waals surface area contributed by atoms with Crippen LogP contribution in [0.5, 0.6) is 0 Å². The van der Waals surface area contributed by atoms with Crippen molar-refractivity contribution in [1.29, 1.82) is 0 Å². The zero-order valence-electron chi connectivity index (χ0n) is 13.6. The number of halogens is 1. The molecule has 25 heavy (non-hydrogen) atoms. The predicted molar refractivity (Wildman–Crippen MR) is 94.6 cm³/mol. The highest BCUT2D eigenvalue weighted by Gasteiger charge is 2.28. The van der Waals surface area contributed by atoms with Gasteiger partial charge in [0.2, 0.25) is 10.0 Å². The minimum Gasteiger partial charge on any atom is -0.352 e.